The minimum atomic E-state index is -0.169. The highest BCUT2D eigenvalue weighted by Crippen LogP contribution is 2.39. The Kier molecular flexibility index (Phi) is 5.91. The van der Waals surface area contributed by atoms with E-state index in [9.17, 15) is 4.79 Å². The van der Waals surface area contributed by atoms with Crippen LogP contribution in [0.2, 0.25) is 0 Å². The van der Waals surface area contributed by atoms with E-state index in [4.69, 9.17) is 4.74 Å². The van der Waals surface area contributed by atoms with Gasteiger partial charge < -0.3 is 20.3 Å². The number of hydrogen-bond acceptors (Lipinski definition) is 4. The van der Waals surface area contributed by atoms with E-state index in [-0.39, 0.29) is 5.91 Å². The summed E-state index contributed by atoms with van der Waals surface area (Å²) in [5.41, 5.74) is 5.49. The standard InChI is InChI=1S/C29H27N3O2/c1-3-20-9-6-11-26(34-2)27(20)29(33)31-22-13-15-23(16-14-22)32-19-7-18-30-28-24-10-5-4-8-21(24)12-17-25(28)32/h4-17,19,30H,3,18H2,1-2H3,(H,31,33). The van der Waals surface area contributed by atoms with Gasteiger partial charge in [0.2, 0.25) is 0 Å². The third-order valence-electron chi connectivity index (χ3n) is 6.16. The van der Waals surface area contributed by atoms with E-state index in [0.29, 0.717) is 11.3 Å². The monoisotopic (exact) mass is 449 g/mol. The molecule has 0 saturated carbocycles. The summed E-state index contributed by atoms with van der Waals surface area (Å²) < 4.78 is 5.44. The number of anilines is 4. The van der Waals surface area contributed by atoms with Gasteiger partial charge in [-0.1, -0.05) is 49.4 Å². The number of fused-ring (bicyclic) bond motifs is 3. The summed E-state index contributed by atoms with van der Waals surface area (Å²) in [6.07, 6.45) is 4.95. The third kappa shape index (κ3) is 3.97. The number of ether oxygens (including phenoxy) is 1. The minimum Gasteiger partial charge on any atom is -0.496 e. The molecule has 1 aliphatic heterocycles. The zero-order valence-corrected chi connectivity index (χ0v) is 19.3. The van der Waals surface area contributed by atoms with Gasteiger partial charge in [0.15, 0.2) is 0 Å². The van der Waals surface area contributed by atoms with Crippen molar-refractivity contribution < 1.29 is 9.53 Å². The van der Waals surface area contributed by atoms with Crippen molar-refractivity contribution in [3.05, 3.63) is 102 Å². The van der Waals surface area contributed by atoms with Crippen LogP contribution in [0.4, 0.5) is 22.7 Å². The summed E-state index contributed by atoms with van der Waals surface area (Å²) in [5.74, 6) is 0.414. The van der Waals surface area contributed by atoms with Crippen LogP contribution in [0.3, 0.4) is 0 Å². The average molecular weight is 450 g/mol. The van der Waals surface area contributed by atoms with Gasteiger partial charge in [-0.3, -0.25) is 4.79 Å². The van der Waals surface area contributed by atoms with Crippen molar-refractivity contribution in [1.29, 1.82) is 0 Å². The quantitative estimate of drug-likeness (QED) is 0.354. The normalized spacial score (nSPS) is 12.6. The van der Waals surface area contributed by atoms with Crippen molar-refractivity contribution >= 4 is 39.4 Å². The molecule has 0 aliphatic carbocycles. The maximum absolute atomic E-state index is 13.1. The van der Waals surface area contributed by atoms with Gasteiger partial charge in [0, 0.05) is 29.5 Å². The fourth-order valence-corrected chi connectivity index (χ4v) is 4.47. The first-order chi connectivity index (χ1) is 16.7. The van der Waals surface area contributed by atoms with E-state index in [0.717, 1.165) is 41.3 Å². The molecule has 0 aromatic heterocycles. The molecule has 1 heterocycles. The van der Waals surface area contributed by atoms with Crippen molar-refractivity contribution in [2.24, 2.45) is 0 Å². The number of methoxy groups -OCH3 is 1. The zero-order valence-electron chi connectivity index (χ0n) is 19.3. The molecule has 2 N–H and O–H groups in total. The van der Waals surface area contributed by atoms with Crippen LogP contribution < -0.4 is 20.3 Å². The molecule has 5 heteroatoms. The van der Waals surface area contributed by atoms with Crippen molar-refractivity contribution in [3.8, 4) is 5.75 Å². The zero-order chi connectivity index (χ0) is 23.5. The van der Waals surface area contributed by atoms with Crippen molar-refractivity contribution in [2.75, 3.05) is 29.2 Å². The lowest BCUT2D eigenvalue weighted by atomic mass is 10.0. The number of hydrogen-bond donors (Lipinski definition) is 2. The van der Waals surface area contributed by atoms with Gasteiger partial charge in [-0.15, -0.1) is 0 Å². The Balaban J connectivity index is 1.44. The predicted molar refractivity (Wildman–Crippen MR) is 140 cm³/mol. The lowest BCUT2D eigenvalue weighted by Gasteiger charge is -2.23. The van der Waals surface area contributed by atoms with Crippen molar-refractivity contribution in [1.82, 2.24) is 0 Å². The smallest absolute Gasteiger partial charge is 0.259 e. The third-order valence-corrected chi connectivity index (χ3v) is 6.16. The van der Waals surface area contributed by atoms with E-state index in [1.807, 2.05) is 49.4 Å². The first kappa shape index (κ1) is 21.6. The van der Waals surface area contributed by atoms with Crippen LogP contribution in [0.25, 0.3) is 10.8 Å². The van der Waals surface area contributed by atoms with E-state index in [1.165, 1.54) is 10.8 Å². The molecule has 1 amide bonds. The number of nitrogens with zero attached hydrogens (tertiary/aromatic N) is 1. The number of benzene rings is 4. The fourth-order valence-electron chi connectivity index (χ4n) is 4.47. The molecule has 1 aliphatic rings. The molecule has 4 aromatic rings. The molecule has 0 bridgehead atoms. The van der Waals surface area contributed by atoms with Gasteiger partial charge in [0.05, 0.1) is 24.0 Å². The Hall–Kier alpha value is -4.25. The molecule has 4 aromatic carbocycles. The molecule has 0 fully saturated rings. The SMILES string of the molecule is CCc1cccc(OC)c1C(=O)Nc1ccc(N2C=CCNc3c2ccc2ccccc32)cc1. The van der Waals surface area contributed by atoms with Gasteiger partial charge in [0.25, 0.3) is 5.91 Å². The van der Waals surface area contributed by atoms with Crippen molar-refractivity contribution in [3.63, 3.8) is 0 Å². The maximum atomic E-state index is 13.1. The highest BCUT2D eigenvalue weighted by Gasteiger charge is 2.18. The summed E-state index contributed by atoms with van der Waals surface area (Å²) in [6, 6.07) is 26.3. The van der Waals surface area contributed by atoms with Gasteiger partial charge in [-0.25, -0.2) is 0 Å². The van der Waals surface area contributed by atoms with Crippen molar-refractivity contribution in [2.45, 2.75) is 13.3 Å². The summed E-state index contributed by atoms with van der Waals surface area (Å²) >= 11 is 0. The van der Waals surface area contributed by atoms with Crippen LogP contribution >= 0.6 is 0 Å². The van der Waals surface area contributed by atoms with Crippen LogP contribution in [0.15, 0.2) is 91.1 Å². The number of aryl methyl sites for hydroxylation is 1. The van der Waals surface area contributed by atoms with Gasteiger partial charge >= 0.3 is 0 Å². The molecular weight excluding hydrogens is 422 g/mol. The highest BCUT2D eigenvalue weighted by molar-refractivity contribution is 6.07. The van der Waals surface area contributed by atoms with E-state index in [1.54, 1.807) is 7.11 Å². The van der Waals surface area contributed by atoms with E-state index in [2.05, 4.69) is 64.2 Å². The second-order valence-corrected chi connectivity index (χ2v) is 8.17. The second kappa shape index (κ2) is 9.32. The Morgan fingerprint density at radius 2 is 1.82 bits per heavy atom. The topological polar surface area (TPSA) is 53.6 Å². The molecule has 0 atom stereocenters. The Morgan fingerprint density at radius 1 is 1.00 bits per heavy atom. The van der Waals surface area contributed by atoms with Gasteiger partial charge in [0.1, 0.15) is 5.75 Å². The number of rotatable bonds is 5. The predicted octanol–water partition coefficient (Wildman–Crippen LogP) is 6.74. The second-order valence-electron chi connectivity index (χ2n) is 8.17. The number of nitrogens with one attached hydrogen (secondary N) is 2. The Bertz CT molecular complexity index is 1350. The molecule has 0 unspecified atom stereocenters. The lowest BCUT2D eigenvalue weighted by molar-refractivity contribution is 0.102. The average Bonchev–Trinajstić information content (AvgIpc) is 3.11. The molecule has 5 rings (SSSR count). The van der Waals surface area contributed by atoms with Gasteiger partial charge in [-0.2, -0.15) is 0 Å². The largest absolute Gasteiger partial charge is 0.496 e. The number of amides is 1. The molecule has 5 nitrogen and oxygen atoms in total. The van der Waals surface area contributed by atoms with Crippen LogP contribution in [-0.4, -0.2) is 19.6 Å². The molecular formula is C29H27N3O2. The molecule has 34 heavy (non-hydrogen) atoms. The summed E-state index contributed by atoms with van der Waals surface area (Å²) in [6.45, 7) is 2.79. The summed E-state index contributed by atoms with van der Waals surface area (Å²) in [4.78, 5) is 15.2. The van der Waals surface area contributed by atoms with Crippen LogP contribution in [-0.2, 0) is 6.42 Å². The lowest BCUT2D eigenvalue weighted by Crippen LogP contribution is -2.15. The fraction of sp³-hybridized carbons (Fsp3) is 0.138. The minimum absolute atomic E-state index is 0.169. The molecule has 0 radical (unpaired) electrons. The summed E-state index contributed by atoms with van der Waals surface area (Å²) in [5, 5.41) is 8.97. The number of carbonyl (C=O) groups excluding carboxylic acids is 1. The first-order valence-corrected chi connectivity index (χ1v) is 11.5. The maximum Gasteiger partial charge on any atom is 0.259 e. The van der Waals surface area contributed by atoms with Crippen LogP contribution in [0, 0.1) is 0 Å². The number of carbonyl (C=O) groups is 1. The Morgan fingerprint density at radius 3 is 2.62 bits per heavy atom. The van der Waals surface area contributed by atoms with E-state index >= 15 is 0 Å². The van der Waals surface area contributed by atoms with Gasteiger partial charge in [-0.05, 0) is 59.8 Å². The molecule has 170 valence electrons. The Labute approximate surface area is 199 Å². The first-order valence-electron chi connectivity index (χ1n) is 11.5. The summed E-state index contributed by atoms with van der Waals surface area (Å²) in [7, 11) is 1.59. The van der Waals surface area contributed by atoms with E-state index < -0.39 is 0 Å². The molecule has 0 saturated heterocycles. The van der Waals surface area contributed by atoms with Crippen LogP contribution in [0.5, 0.6) is 5.75 Å². The highest BCUT2D eigenvalue weighted by atomic mass is 16.5. The van der Waals surface area contributed by atoms with Crippen LogP contribution in [0.1, 0.15) is 22.8 Å². The molecule has 0 spiro atoms.